The lowest BCUT2D eigenvalue weighted by molar-refractivity contribution is -0.870. The largest absolute Gasteiger partial charge is 0.756 e. The molecule has 85 heavy (non-hydrogen) atoms. The lowest BCUT2D eigenvalue weighted by Crippen LogP contribution is -2.47. The minimum absolute atomic E-state index is 0.0219. The van der Waals surface area contributed by atoms with E-state index in [1.54, 1.807) is 0 Å². The quantitative estimate of drug-likeness (QED) is 0.0212. The van der Waals surface area contributed by atoms with E-state index in [2.05, 4.69) is 74.7 Å². The van der Waals surface area contributed by atoms with E-state index >= 15 is 0 Å². The summed E-state index contributed by atoms with van der Waals surface area (Å²) in [6.07, 6.45) is 83.5. The van der Waals surface area contributed by atoms with Crippen LogP contribution in [0.25, 0.3) is 0 Å². The van der Waals surface area contributed by atoms with E-state index < -0.39 is 20.0 Å². The number of nitrogens with one attached hydrogen (secondary N) is 1. The smallest absolute Gasteiger partial charge is 0.306 e. The zero-order valence-corrected chi connectivity index (χ0v) is 58.0. The Hall–Kier alpha value is -2.29. The highest BCUT2D eigenvalue weighted by Gasteiger charge is 2.27. The van der Waals surface area contributed by atoms with Crippen LogP contribution in [-0.2, 0) is 27.9 Å². The second-order valence-electron chi connectivity index (χ2n) is 26.1. The van der Waals surface area contributed by atoms with Crippen molar-refractivity contribution >= 4 is 19.7 Å². The van der Waals surface area contributed by atoms with Gasteiger partial charge in [0.1, 0.15) is 19.3 Å². The molecule has 498 valence electrons. The van der Waals surface area contributed by atoms with Gasteiger partial charge in [0.2, 0.25) is 5.91 Å². The summed E-state index contributed by atoms with van der Waals surface area (Å²) < 4.78 is 30.5. The van der Waals surface area contributed by atoms with Gasteiger partial charge < -0.3 is 28.5 Å². The first kappa shape index (κ1) is 82.7. The highest BCUT2D eigenvalue weighted by molar-refractivity contribution is 7.45. The fraction of sp³-hybridized carbons (Fsp3) is 0.840. The number of phosphoric ester groups is 1. The number of unbranched alkanes of at least 4 members (excludes halogenated alkanes) is 43. The van der Waals surface area contributed by atoms with Crippen LogP contribution in [0.5, 0.6) is 0 Å². The number of rotatable bonds is 67. The fourth-order valence-corrected chi connectivity index (χ4v) is 11.5. The van der Waals surface area contributed by atoms with E-state index in [1.165, 1.54) is 250 Å². The van der Waals surface area contributed by atoms with Crippen LogP contribution in [0, 0.1) is 0 Å². The van der Waals surface area contributed by atoms with Crippen molar-refractivity contribution < 1.29 is 37.3 Å². The third kappa shape index (κ3) is 66.0. The number of hydrogen-bond acceptors (Lipinski definition) is 7. The van der Waals surface area contributed by atoms with Crippen LogP contribution < -0.4 is 10.2 Å². The lowest BCUT2D eigenvalue weighted by atomic mass is 10.0. The fourth-order valence-electron chi connectivity index (χ4n) is 10.8. The van der Waals surface area contributed by atoms with Gasteiger partial charge in [-0.2, -0.15) is 0 Å². The van der Waals surface area contributed by atoms with Gasteiger partial charge in [-0.05, 0) is 96.0 Å². The van der Waals surface area contributed by atoms with Gasteiger partial charge in [-0.15, -0.1) is 0 Å². The molecule has 0 spiro atoms. The van der Waals surface area contributed by atoms with Crippen molar-refractivity contribution in [3.8, 4) is 0 Å². The molecule has 10 heteroatoms. The summed E-state index contributed by atoms with van der Waals surface area (Å²) in [7, 11) is 1.19. The predicted octanol–water partition coefficient (Wildman–Crippen LogP) is 22.7. The number of quaternary nitrogens is 1. The van der Waals surface area contributed by atoms with Crippen LogP contribution in [0.3, 0.4) is 0 Å². The normalized spacial score (nSPS) is 13.8. The van der Waals surface area contributed by atoms with E-state index in [0.717, 1.165) is 70.6 Å². The Balaban J connectivity index is 4.96. The number of amides is 1. The molecule has 0 heterocycles. The molecule has 3 unspecified atom stereocenters. The topological polar surface area (TPSA) is 114 Å². The Morgan fingerprint density at radius 2 is 0.718 bits per heavy atom. The van der Waals surface area contributed by atoms with E-state index in [0.29, 0.717) is 17.4 Å². The Bertz CT molecular complexity index is 1640. The summed E-state index contributed by atoms with van der Waals surface area (Å²) in [5, 5.41) is 3.05. The zero-order valence-electron chi connectivity index (χ0n) is 57.1. The average Bonchev–Trinajstić information content (AvgIpc) is 3.59. The Kier molecular flexibility index (Phi) is 62.9. The van der Waals surface area contributed by atoms with Crippen molar-refractivity contribution in [3.63, 3.8) is 0 Å². The minimum Gasteiger partial charge on any atom is -0.756 e. The second-order valence-corrected chi connectivity index (χ2v) is 27.5. The van der Waals surface area contributed by atoms with Crippen LogP contribution in [0.4, 0.5) is 0 Å². The van der Waals surface area contributed by atoms with Gasteiger partial charge in [0.05, 0.1) is 33.8 Å². The van der Waals surface area contributed by atoms with Crippen molar-refractivity contribution in [1.29, 1.82) is 0 Å². The van der Waals surface area contributed by atoms with Crippen molar-refractivity contribution in [1.82, 2.24) is 5.32 Å². The third-order valence-electron chi connectivity index (χ3n) is 16.4. The molecule has 1 amide bonds. The van der Waals surface area contributed by atoms with Gasteiger partial charge in [-0.25, -0.2) is 0 Å². The first-order valence-electron chi connectivity index (χ1n) is 36.6. The van der Waals surface area contributed by atoms with Gasteiger partial charge in [-0.1, -0.05) is 307 Å². The van der Waals surface area contributed by atoms with E-state index in [9.17, 15) is 19.0 Å². The van der Waals surface area contributed by atoms with Crippen LogP contribution >= 0.6 is 7.82 Å². The Morgan fingerprint density at radius 1 is 0.412 bits per heavy atom. The maximum Gasteiger partial charge on any atom is 0.306 e. The number of allylic oxidation sites excluding steroid dienone is 9. The molecule has 3 atom stereocenters. The molecule has 0 bridgehead atoms. The summed E-state index contributed by atoms with van der Waals surface area (Å²) >= 11 is 0. The summed E-state index contributed by atoms with van der Waals surface area (Å²) in [6, 6.07) is -0.889. The molecule has 0 aromatic rings. The second kappa shape index (κ2) is 64.7. The summed E-state index contributed by atoms with van der Waals surface area (Å²) in [4.78, 5) is 40.2. The third-order valence-corrected chi connectivity index (χ3v) is 17.4. The Morgan fingerprint density at radius 3 is 1.11 bits per heavy atom. The molecule has 0 rings (SSSR count). The maximum absolute atomic E-state index is 13.6. The highest BCUT2D eigenvalue weighted by atomic mass is 31.2. The van der Waals surface area contributed by atoms with Crippen molar-refractivity contribution in [2.45, 2.75) is 367 Å². The highest BCUT2D eigenvalue weighted by Crippen LogP contribution is 2.38. The predicted molar refractivity (Wildman–Crippen MR) is 367 cm³/mol. The molecule has 0 aliphatic heterocycles. The Labute approximate surface area is 528 Å². The maximum atomic E-state index is 13.6. The summed E-state index contributed by atoms with van der Waals surface area (Å²) in [5.41, 5.74) is 0. The number of hydrogen-bond donors (Lipinski definition) is 1. The number of phosphoric acid groups is 1. The molecule has 1 N–H and O–H groups in total. The molecule has 0 aromatic heterocycles. The number of carbonyl (C=O) groups is 2. The molecule has 0 saturated carbocycles. The number of carbonyl (C=O) groups excluding carboxylic acids is 2. The number of ether oxygens (including phenoxy) is 1. The molecule has 9 nitrogen and oxygen atoms in total. The van der Waals surface area contributed by atoms with Crippen LogP contribution in [0.1, 0.15) is 355 Å². The van der Waals surface area contributed by atoms with E-state index in [-0.39, 0.29) is 31.5 Å². The van der Waals surface area contributed by atoms with Gasteiger partial charge >= 0.3 is 5.97 Å². The van der Waals surface area contributed by atoms with Crippen molar-refractivity contribution in [2.24, 2.45) is 0 Å². The number of likely N-dealkylation sites (N-methyl/N-ethyl adjacent to an activating group) is 1. The molecule has 0 saturated heterocycles. The van der Waals surface area contributed by atoms with Crippen molar-refractivity contribution in [2.75, 3.05) is 40.9 Å². The number of esters is 1. The molecule has 0 radical (unpaired) electrons. The molecule has 0 aliphatic rings. The summed E-state index contributed by atoms with van der Waals surface area (Å²) in [6.45, 7) is 6.85. The first-order valence-corrected chi connectivity index (χ1v) is 38.1. The molecular formula is C75H141N2O7P. The van der Waals surface area contributed by atoms with Gasteiger partial charge in [0.15, 0.2) is 0 Å². The first-order chi connectivity index (χ1) is 41.4. The van der Waals surface area contributed by atoms with E-state index in [4.69, 9.17) is 13.8 Å². The average molecular weight is 1210 g/mol. The SMILES string of the molecule is CCCCC/C=C\C/C=C\C/C=C\CCCCCCCCCCCCCCCCC(=O)OC(/C=C\CCCCCCCCCCC)C(COP(=O)([O-])OCC[N+](C)(C)C)NC(=O)CCCCCCCCCCCCC/C=C/CCCCCCCC. The van der Waals surface area contributed by atoms with Gasteiger partial charge in [0.25, 0.3) is 7.82 Å². The van der Waals surface area contributed by atoms with Crippen LogP contribution in [0.15, 0.2) is 60.8 Å². The van der Waals surface area contributed by atoms with Crippen LogP contribution in [-0.4, -0.2) is 69.4 Å². The summed E-state index contributed by atoms with van der Waals surface area (Å²) in [5.74, 6) is -0.529. The molecule has 0 aromatic carbocycles. The molecule has 0 aliphatic carbocycles. The molecule has 0 fully saturated rings. The van der Waals surface area contributed by atoms with Gasteiger partial charge in [0, 0.05) is 12.8 Å². The number of nitrogens with zero attached hydrogens (tertiary/aromatic N) is 1. The van der Waals surface area contributed by atoms with Gasteiger partial charge in [-0.3, -0.25) is 14.2 Å². The standard InChI is InChI=1S/C75H141N2O7P/c1-7-10-13-16-19-22-25-27-29-31-33-35-36-37-38-39-40-42-44-46-48-50-53-56-59-62-65-68-75(79)84-73(66-63-60-57-54-51-24-21-18-15-12-9-3)72(71-83-85(80,81)82-70-69-77(4,5)6)76-74(78)67-64-61-58-55-52-49-47-45-43-41-34-32-30-28-26-23-20-17-14-11-8-2/h19,22,27-30,33,35,63,66,72-73H,7-18,20-21,23-26,31-32,34,36-62,64-65,67-71H2,1-6H3,(H-,76,78,80,81)/b22-19-,29-27-,30-28+,35-33-,66-63-. The van der Waals surface area contributed by atoms with E-state index in [1.807, 2.05) is 33.3 Å². The monoisotopic (exact) mass is 1210 g/mol. The lowest BCUT2D eigenvalue weighted by Gasteiger charge is -2.30. The van der Waals surface area contributed by atoms with Crippen molar-refractivity contribution in [3.05, 3.63) is 60.8 Å². The minimum atomic E-state index is -4.70. The van der Waals surface area contributed by atoms with Crippen LogP contribution in [0.2, 0.25) is 0 Å². The molecular weight excluding hydrogens is 1070 g/mol. The zero-order chi connectivity index (χ0) is 62.1.